The SMILES string of the molecule is C[Si](C)c1cc2ccccc2[cH-]1.Cc1[c-][pH]c(C)c1C.[Cl-].[Cl-].[Ti+4]. The maximum atomic E-state index is 3.29. The third-order valence-corrected chi connectivity index (χ3v) is 6.45. The molecule has 121 valence electrons. The summed E-state index contributed by atoms with van der Waals surface area (Å²) in [4.78, 5) is 0. The molecule has 1 aromatic heterocycles. The van der Waals surface area contributed by atoms with Gasteiger partial charge >= 0.3 is 21.7 Å². The van der Waals surface area contributed by atoms with E-state index in [2.05, 4.69) is 76.1 Å². The predicted octanol–water partition coefficient (Wildman–Crippen LogP) is -1.03. The molecule has 0 fully saturated rings. The largest absolute Gasteiger partial charge is 4.00 e. The minimum Gasteiger partial charge on any atom is -1.00 e. The van der Waals surface area contributed by atoms with Crippen molar-refractivity contribution >= 4 is 32.9 Å². The molecule has 1 heterocycles. The molecule has 23 heavy (non-hydrogen) atoms. The first-order valence-electron chi connectivity index (χ1n) is 6.98. The van der Waals surface area contributed by atoms with Gasteiger partial charge in [0.1, 0.15) is 0 Å². The van der Waals surface area contributed by atoms with Crippen molar-refractivity contribution in [1.29, 1.82) is 0 Å². The first-order chi connectivity index (χ1) is 9.49. The monoisotopic (exact) mass is 415 g/mol. The topological polar surface area (TPSA) is 0 Å². The Morgan fingerprint density at radius 2 is 1.65 bits per heavy atom. The quantitative estimate of drug-likeness (QED) is 0.352. The van der Waals surface area contributed by atoms with Crippen molar-refractivity contribution in [3.8, 4) is 0 Å². The van der Waals surface area contributed by atoms with Gasteiger partial charge in [-0.1, -0.05) is 39.9 Å². The number of halogens is 2. The Bertz CT molecular complexity index is 651. The molecular formula is C18H22Cl2PSiTi. The molecule has 0 aliphatic rings. The molecule has 1 radical (unpaired) electrons. The van der Waals surface area contributed by atoms with Crippen molar-refractivity contribution in [3.05, 3.63) is 58.6 Å². The van der Waals surface area contributed by atoms with Gasteiger partial charge in [0.15, 0.2) is 0 Å². The van der Waals surface area contributed by atoms with Crippen LogP contribution in [-0.4, -0.2) is 8.80 Å². The van der Waals surface area contributed by atoms with Crippen molar-refractivity contribution in [3.63, 3.8) is 0 Å². The van der Waals surface area contributed by atoms with Crippen molar-refractivity contribution in [2.24, 2.45) is 0 Å². The van der Waals surface area contributed by atoms with Gasteiger partial charge in [0, 0.05) is 0 Å². The van der Waals surface area contributed by atoms with Gasteiger partial charge in [-0.25, -0.2) is 0 Å². The molecule has 5 heteroatoms. The summed E-state index contributed by atoms with van der Waals surface area (Å²) in [6.07, 6.45) is 0. The summed E-state index contributed by atoms with van der Waals surface area (Å²) < 4.78 is 0. The van der Waals surface area contributed by atoms with E-state index in [1.807, 2.05) is 0 Å². The summed E-state index contributed by atoms with van der Waals surface area (Å²) in [5.74, 6) is 3.29. The molecule has 0 nitrogen and oxygen atoms in total. The summed E-state index contributed by atoms with van der Waals surface area (Å²) in [6, 6.07) is 13.2. The van der Waals surface area contributed by atoms with Gasteiger partial charge in [0.2, 0.25) is 0 Å². The molecule has 0 spiro atoms. The summed E-state index contributed by atoms with van der Waals surface area (Å²) in [5, 5.41) is 5.82. The number of benzene rings is 1. The molecule has 0 amide bonds. The van der Waals surface area contributed by atoms with Crippen molar-refractivity contribution in [2.75, 3.05) is 0 Å². The van der Waals surface area contributed by atoms with E-state index >= 15 is 0 Å². The van der Waals surface area contributed by atoms with E-state index in [1.54, 1.807) is 5.19 Å². The second-order valence-corrected chi connectivity index (χ2v) is 9.33. The van der Waals surface area contributed by atoms with E-state index in [-0.39, 0.29) is 55.3 Å². The minimum absolute atomic E-state index is 0. The van der Waals surface area contributed by atoms with Crippen molar-refractivity contribution < 1.29 is 46.5 Å². The van der Waals surface area contributed by atoms with Crippen LogP contribution in [0, 0.1) is 26.6 Å². The first kappa shape index (κ1) is 25.4. The van der Waals surface area contributed by atoms with Gasteiger partial charge < -0.3 is 24.8 Å². The van der Waals surface area contributed by atoms with E-state index in [0.29, 0.717) is 0 Å². The Morgan fingerprint density at radius 3 is 2.04 bits per heavy atom. The summed E-state index contributed by atoms with van der Waals surface area (Å²) in [7, 11) is 0.562. The summed E-state index contributed by atoms with van der Waals surface area (Å²) in [5.41, 5.74) is 2.80. The van der Waals surface area contributed by atoms with Gasteiger partial charge in [-0.3, -0.25) is 8.19 Å². The van der Waals surface area contributed by atoms with Crippen LogP contribution in [0.25, 0.3) is 10.8 Å². The third-order valence-electron chi connectivity index (χ3n) is 3.76. The molecule has 0 saturated carbocycles. The van der Waals surface area contributed by atoms with Crippen molar-refractivity contribution in [1.82, 2.24) is 0 Å². The minimum atomic E-state index is -0.273. The number of hydrogen-bond donors (Lipinski definition) is 0. The molecule has 1 unspecified atom stereocenters. The standard InChI is InChI=1S/C11H12Si.C7H10P.2ClH.Ti/c1-12(2)11-7-9-5-3-4-6-10(9)8-11;1-5-4-8-7(3)6(5)2;;;/h3-8H,1-2H3;8H,1-3H3;2*1H;/q2*-1;;;+4/p-2. The van der Waals surface area contributed by atoms with Gasteiger partial charge in [0.05, 0.1) is 8.80 Å². The Morgan fingerprint density at radius 1 is 1.04 bits per heavy atom. The smallest absolute Gasteiger partial charge is 1.00 e. The summed E-state index contributed by atoms with van der Waals surface area (Å²) in [6.45, 7) is 11.1. The Balaban J connectivity index is 0. The maximum Gasteiger partial charge on any atom is 4.00 e. The first-order valence-corrected chi connectivity index (χ1v) is 10.5. The molecule has 0 aliphatic carbocycles. The molecule has 0 saturated heterocycles. The van der Waals surface area contributed by atoms with E-state index < -0.39 is 0 Å². The molecule has 3 aromatic rings. The zero-order valence-corrected chi connectivity index (χ0v) is 19.3. The van der Waals surface area contributed by atoms with Crippen LogP contribution in [0.1, 0.15) is 16.4 Å². The second kappa shape index (κ2) is 11.6. The van der Waals surface area contributed by atoms with Crippen LogP contribution in [0.4, 0.5) is 0 Å². The average Bonchev–Trinajstić information content (AvgIpc) is 2.99. The van der Waals surface area contributed by atoms with E-state index in [0.717, 1.165) is 8.19 Å². The van der Waals surface area contributed by atoms with Gasteiger partial charge in [-0.05, 0) is 0 Å². The van der Waals surface area contributed by atoms with Crippen LogP contribution in [0.15, 0.2) is 36.4 Å². The van der Waals surface area contributed by atoms with Crippen LogP contribution in [0.2, 0.25) is 13.1 Å². The molecule has 1 atom stereocenters. The normalized spacial score (nSPS) is 9.65. The Kier molecular flexibility index (Phi) is 12.8. The second-order valence-electron chi connectivity index (χ2n) is 5.50. The van der Waals surface area contributed by atoms with Gasteiger partial charge in [-0.15, -0.1) is 29.7 Å². The van der Waals surface area contributed by atoms with Gasteiger partial charge in [-0.2, -0.15) is 38.9 Å². The van der Waals surface area contributed by atoms with Crippen LogP contribution in [0.3, 0.4) is 0 Å². The maximum absolute atomic E-state index is 3.29. The molecule has 0 bridgehead atoms. The van der Waals surface area contributed by atoms with Crippen molar-refractivity contribution in [2.45, 2.75) is 33.9 Å². The fraction of sp³-hybridized carbons (Fsp3) is 0.278. The fourth-order valence-electron chi connectivity index (χ4n) is 2.10. The van der Waals surface area contributed by atoms with Crippen LogP contribution < -0.4 is 30.0 Å². The van der Waals surface area contributed by atoms with Crippen LogP contribution in [0.5, 0.6) is 0 Å². The number of rotatable bonds is 1. The molecule has 0 N–H and O–H groups in total. The van der Waals surface area contributed by atoms with E-state index in [9.17, 15) is 0 Å². The Labute approximate surface area is 171 Å². The Hall–Kier alpha value is 0.121. The zero-order chi connectivity index (χ0) is 14.7. The fourth-order valence-corrected chi connectivity index (χ4v) is 3.92. The number of fused-ring (bicyclic) bond motifs is 1. The summed E-state index contributed by atoms with van der Waals surface area (Å²) >= 11 is 0. The van der Waals surface area contributed by atoms with E-state index in [1.165, 1.54) is 27.2 Å². The number of aryl methyl sites for hydroxylation is 2. The average molecular weight is 416 g/mol. The zero-order valence-electron chi connectivity index (χ0n) is 14.2. The van der Waals surface area contributed by atoms with Crippen LogP contribution >= 0.6 is 8.19 Å². The molecular weight excluding hydrogens is 394 g/mol. The van der Waals surface area contributed by atoms with Crippen LogP contribution in [-0.2, 0) is 21.7 Å². The molecule has 3 rings (SSSR count). The van der Waals surface area contributed by atoms with E-state index in [4.69, 9.17) is 0 Å². The van der Waals surface area contributed by atoms with Gasteiger partial charge in [0.25, 0.3) is 0 Å². The molecule has 2 aromatic carbocycles. The predicted molar refractivity (Wildman–Crippen MR) is 95.6 cm³/mol. The third kappa shape index (κ3) is 6.86. The number of hydrogen-bond acceptors (Lipinski definition) is 0. The molecule has 0 aliphatic heterocycles.